The van der Waals surface area contributed by atoms with Gasteiger partial charge in [0, 0.05) is 29.3 Å². The number of hydrogen-bond donors (Lipinski definition) is 0. The second-order valence-corrected chi connectivity index (χ2v) is 6.70. The lowest BCUT2D eigenvalue weighted by Gasteiger charge is -2.38. The molecule has 1 aromatic rings. The van der Waals surface area contributed by atoms with Crippen LogP contribution >= 0.6 is 15.9 Å². The SMILES string of the molecule is Cc1c(Br)cccc1N1CCC(N2CCCC2)CC1. The van der Waals surface area contributed by atoms with Crippen LogP contribution in [-0.2, 0) is 0 Å². The quantitative estimate of drug-likeness (QED) is 0.816. The van der Waals surface area contributed by atoms with E-state index in [0.29, 0.717) is 0 Å². The molecule has 19 heavy (non-hydrogen) atoms. The Morgan fingerprint density at radius 3 is 2.42 bits per heavy atom. The summed E-state index contributed by atoms with van der Waals surface area (Å²) in [5.41, 5.74) is 2.79. The van der Waals surface area contributed by atoms with Gasteiger partial charge in [0.2, 0.25) is 0 Å². The van der Waals surface area contributed by atoms with E-state index < -0.39 is 0 Å². The molecule has 0 bridgehead atoms. The molecule has 0 aromatic heterocycles. The highest BCUT2D eigenvalue weighted by Crippen LogP contribution is 2.30. The fourth-order valence-corrected chi connectivity index (χ4v) is 3.87. The van der Waals surface area contributed by atoms with Crippen LogP contribution in [0, 0.1) is 6.92 Å². The summed E-state index contributed by atoms with van der Waals surface area (Å²) in [4.78, 5) is 5.28. The Bertz CT molecular complexity index is 432. The summed E-state index contributed by atoms with van der Waals surface area (Å²) >= 11 is 3.64. The number of anilines is 1. The van der Waals surface area contributed by atoms with Crippen LogP contribution in [0.3, 0.4) is 0 Å². The summed E-state index contributed by atoms with van der Waals surface area (Å²) in [7, 11) is 0. The van der Waals surface area contributed by atoms with Crippen molar-refractivity contribution < 1.29 is 0 Å². The highest BCUT2D eigenvalue weighted by Gasteiger charge is 2.26. The first-order valence-electron chi connectivity index (χ1n) is 7.50. The average molecular weight is 323 g/mol. The Balaban J connectivity index is 1.64. The molecule has 104 valence electrons. The minimum Gasteiger partial charge on any atom is -0.371 e. The summed E-state index contributed by atoms with van der Waals surface area (Å²) in [5, 5.41) is 0. The Labute approximate surface area is 124 Å². The molecule has 0 N–H and O–H groups in total. The van der Waals surface area contributed by atoms with Crippen molar-refractivity contribution in [1.29, 1.82) is 0 Å². The molecule has 0 radical (unpaired) electrons. The first kappa shape index (κ1) is 13.4. The Hall–Kier alpha value is -0.540. The maximum absolute atomic E-state index is 3.64. The number of piperidine rings is 1. The van der Waals surface area contributed by atoms with Crippen LogP contribution < -0.4 is 4.90 Å². The zero-order chi connectivity index (χ0) is 13.2. The van der Waals surface area contributed by atoms with Gasteiger partial charge in [-0.3, -0.25) is 0 Å². The molecule has 0 saturated carbocycles. The fraction of sp³-hybridized carbons (Fsp3) is 0.625. The maximum atomic E-state index is 3.64. The van der Waals surface area contributed by atoms with Crippen molar-refractivity contribution in [3.63, 3.8) is 0 Å². The van der Waals surface area contributed by atoms with E-state index >= 15 is 0 Å². The van der Waals surface area contributed by atoms with Crippen LogP contribution in [0.25, 0.3) is 0 Å². The molecule has 2 fully saturated rings. The highest BCUT2D eigenvalue weighted by molar-refractivity contribution is 9.10. The van der Waals surface area contributed by atoms with Crippen molar-refractivity contribution in [3.8, 4) is 0 Å². The Kier molecular flexibility index (Phi) is 4.13. The molecule has 1 aromatic carbocycles. The summed E-state index contributed by atoms with van der Waals surface area (Å²) in [6.07, 6.45) is 5.47. The minimum absolute atomic E-state index is 0.839. The van der Waals surface area contributed by atoms with Gasteiger partial charge in [-0.15, -0.1) is 0 Å². The van der Waals surface area contributed by atoms with E-state index in [1.807, 2.05) is 0 Å². The topological polar surface area (TPSA) is 6.48 Å². The molecule has 2 nitrogen and oxygen atoms in total. The second kappa shape index (κ2) is 5.84. The van der Waals surface area contributed by atoms with Gasteiger partial charge in [-0.05, 0) is 63.4 Å². The van der Waals surface area contributed by atoms with E-state index in [0.717, 1.165) is 6.04 Å². The summed E-state index contributed by atoms with van der Waals surface area (Å²) in [6, 6.07) is 7.39. The average Bonchev–Trinajstić information content (AvgIpc) is 2.96. The monoisotopic (exact) mass is 322 g/mol. The molecular weight excluding hydrogens is 300 g/mol. The fourth-order valence-electron chi connectivity index (χ4n) is 3.52. The predicted octanol–water partition coefficient (Wildman–Crippen LogP) is 3.82. The highest BCUT2D eigenvalue weighted by atomic mass is 79.9. The van der Waals surface area contributed by atoms with E-state index in [2.05, 4.69) is 50.9 Å². The number of hydrogen-bond acceptors (Lipinski definition) is 2. The van der Waals surface area contributed by atoms with Gasteiger partial charge in [0.15, 0.2) is 0 Å². The number of benzene rings is 1. The van der Waals surface area contributed by atoms with Crippen LogP contribution in [0.5, 0.6) is 0 Å². The number of nitrogens with zero attached hydrogens (tertiary/aromatic N) is 2. The third-order valence-electron chi connectivity index (χ3n) is 4.70. The van der Waals surface area contributed by atoms with Gasteiger partial charge >= 0.3 is 0 Å². The van der Waals surface area contributed by atoms with Gasteiger partial charge in [0.1, 0.15) is 0 Å². The first-order valence-corrected chi connectivity index (χ1v) is 8.29. The van der Waals surface area contributed by atoms with Gasteiger partial charge in [0.25, 0.3) is 0 Å². The van der Waals surface area contributed by atoms with E-state index in [9.17, 15) is 0 Å². The second-order valence-electron chi connectivity index (χ2n) is 5.85. The largest absolute Gasteiger partial charge is 0.371 e. The van der Waals surface area contributed by atoms with Gasteiger partial charge in [-0.25, -0.2) is 0 Å². The van der Waals surface area contributed by atoms with Crippen molar-refractivity contribution in [3.05, 3.63) is 28.2 Å². The normalized spacial score (nSPS) is 22.1. The summed E-state index contributed by atoms with van der Waals surface area (Å²) in [6.45, 7) is 7.30. The van der Waals surface area contributed by atoms with Crippen molar-refractivity contribution in [2.75, 3.05) is 31.1 Å². The zero-order valence-electron chi connectivity index (χ0n) is 11.7. The lowest BCUT2D eigenvalue weighted by atomic mass is 10.0. The molecule has 3 heteroatoms. The van der Waals surface area contributed by atoms with Crippen molar-refractivity contribution >= 4 is 21.6 Å². The van der Waals surface area contributed by atoms with E-state index in [-0.39, 0.29) is 0 Å². The lowest BCUT2D eigenvalue weighted by molar-refractivity contribution is 0.208. The van der Waals surface area contributed by atoms with Gasteiger partial charge in [-0.2, -0.15) is 0 Å². The van der Waals surface area contributed by atoms with Crippen LogP contribution in [0.4, 0.5) is 5.69 Å². The molecule has 2 heterocycles. The number of rotatable bonds is 2. The van der Waals surface area contributed by atoms with Gasteiger partial charge in [-0.1, -0.05) is 22.0 Å². The third-order valence-corrected chi connectivity index (χ3v) is 5.56. The molecule has 3 rings (SSSR count). The van der Waals surface area contributed by atoms with Crippen molar-refractivity contribution in [2.45, 2.75) is 38.6 Å². The van der Waals surface area contributed by atoms with Crippen LogP contribution in [0.1, 0.15) is 31.2 Å². The predicted molar refractivity (Wildman–Crippen MR) is 84.9 cm³/mol. The lowest BCUT2D eigenvalue weighted by Crippen LogP contribution is -2.44. The first-order chi connectivity index (χ1) is 9.25. The van der Waals surface area contributed by atoms with Crippen molar-refractivity contribution in [2.24, 2.45) is 0 Å². The van der Waals surface area contributed by atoms with Gasteiger partial charge < -0.3 is 9.80 Å². The molecule has 2 saturated heterocycles. The molecule has 0 unspecified atom stereocenters. The molecule has 2 aliphatic rings. The van der Waals surface area contributed by atoms with Crippen molar-refractivity contribution in [1.82, 2.24) is 4.90 Å². The molecular formula is C16H23BrN2. The Morgan fingerprint density at radius 2 is 1.74 bits per heavy atom. The van der Waals surface area contributed by atoms with E-state index in [1.165, 1.54) is 67.6 Å². The number of halogens is 1. The standard InChI is InChI=1S/C16H23BrN2/c1-13-15(17)5-4-6-16(13)19-11-7-14(8-12-19)18-9-2-3-10-18/h4-6,14H,2-3,7-12H2,1H3. The minimum atomic E-state index is 0.839. The van der Waals surface area contributed by atoms with E-state index in [1.54, 1.807) is 0 Å². The van der Waals surface area contributed by atoms with Crippen LogP contribution in [-0.4, -0.2) is 37.1 Å². The maximum Gasteiger partial charge on any atom is 0.0407 e. The van der Waals surface area contributed by atoms with Crippen LogP contribution in [0.15, 0.2) is 22.7 Å². The van der Waals surface area contributed by atoms with Crippen LogP contribution in [0.2, 0.25) is 0 Å². The molecule has 0 atom stereocenters. The smallest absolute Gasteiger partial charge is 0.0407 e. The molecule has 2 aliphatic heterocycles. The van der Waals surface area contributed by atoms with E-state index in [4.69, 9.17) is 0 Å². The summed E-state index contributed by atoms with van der Waals surface area (Å²) < 4.78 is 1.23. The number of likely N-dealkylation sites (tertiary alicyclic amines) is 1. The summed E-state index contributed by atoms with van der Waals surface area (Å²) in [5.74, 6) is 0. The Morgan fingerprint density at radius 1 is 1.05 bits per heavy atom. The molecule has 0 spiro atoms. The third kappa shape index (κ3) is 2.82. The molecule has 0 amide bonds. The van der Waals surface area contributed by atoms with Gasteiger partial charge in [0.05, 0.1) is 0 Å². The molecule has 0 aliphatic carbocycles. The zero-order valence-corrected chi connectivity index (χ0v) is 13.3.